The third-order valence-electron chi connectivity index (χ3n) is 8.35. The topological polar surface area (TPSA) is 57.6 Å². The van der Waals surface area contributed by atoms with Crippen molar-refractivity contribution in [3.8, 4) is 0 Å². The van der Waals surface area contributed by atoms with Crippen molar-refractivity contribution in [3.63, 3.8) is 0 Å². The standard InChI is InChI=1S/C22H22NO3S.3C4H9.Sn/c24-18-22(20-12-6-2-7-13-20)23(17-16-19-10-4-1-5-11-19)27(25,26)21-14-8-3-9-15-21;3*1-3-4-2;/h1-15,17,22,24H,16,18H2;3*1,3-4H2,2H3;/t22-;;;;/m0..../s1. The second-order valence-corrected chi connectivity index (χ2v) is 26.9. The number of benzene rings is 3. The van der Waals surface area contributed by atoms with E-state index in [9.17, 15) is 13.5 Å². The molecule has 218 valence electrons. The maximum atomic E-state index is 14.9. The Bertz CT molecular complexity index is 1180. The molecule has 0 spiro atoms. The van der Waals surface area contributed by atoms with Crippen LogP contribution in [0.15, 0.2) is 95.9 Å². The monoisotopic (exact) mass is 671 g/mol. The van der Waals surface area contributed by atoms with Gasteiger partial charge in [0, 0.05) is 0 Å². The van der Waals surface area contributed by atoms with Gasteiger partial charge in [0.05, 0.1) is 0 Å². The number of unbranched alkanes of at least 4 members (excludes halogenated alkanes) is 3. The van der Waals surface area contributed by atoms with E-state index in [-0.39, 0.29) is 10.7 Å². The van der Waals surface area contributed by atoms with Gasteiger partial charge >= 0.3 is 249 Å². The van der Waals surface area contributed by atoms with Crippen molar-refractivity contribution in [1.82, 2.24) is 4.31 Å². The van der Waals surface area contributed by atoms with Gasteiger partial charge in [0.2, 0.25) is 0 Å². The van der Waals surface area contributed by atoms with Crippen LogP contribution < -0.4 is 0 Å². The maximum absolute atomic E-state index is 14.9. The average molecular weight is 671 g/mol. The number of nitrogens with zero attached hydrogens (tertiary/aromatic N) is 1. The summed E-state index contributed by atoms with van der Waals surface area (Å²) in [5.74, 6) is 0. The number of hydrogen-bond acceptors (Lipinski definition) is 3. The molecule has 0 aliphatic heterocycles. The molecule has 3 rings (SSSR count). The van der Waals surface area contributed by atoms with Crippen molar-refractivity contribution in [2.75, 3.05) is 6.61 Å². The molecule has 2 atom stereocenters. The van der Waals surface area contributed by atoms with Crippen LogP contribution in [0.5, 0.6) is 0 Å². The van der Waals surface area contributed by atoms with Crippen LogP contribution in [-0.2, 0) is 16.4 Å². The van der Waals surface area contributed by atoms with Gasteiger partial charge in [-0.15, -0.1) is 0 Å². The molecule has 3 aromatic rings. The molecule has 0 aromatic heterocycles. The van der Waals surface area contributed by atoms with Crippen LogP contribution in [0.2, 0.25) is 13.3 Å². The van der Waals surface area contributed by atoms with E-state index >= 15 is 0 Å². The molecule has 0 radical (unpaired) electrons. The number of sulfonamides is 1. The van der Waals surface area contributed by atoms with E-state index in [1.165, 1.54) is 18.9 Å². The summed E-state index contributed by atoms with van der Waals surface area (Å²) >= 11 is -3.29. The minimum absolute atomic E-state index is 0.107. The number of hydrogen-bond donors (Lipinski definition) is 1. The van der Waals surface area contributed by atoms with Crippen molar-refractivity contribution < 1.29 is 13.5 Å². The third-order valence-corrected chi connectivity index (χ3v) is 27.8. The average Bonchev–Trinajstić information content (AvgIpc) is 3.00. The van der Waals surface area contributed by atoms with Crippen molar-refractivity contribution >= 4 is 28.4 Å². The van der Waals surface area contributed by atoms with Gasteiger partial charge in [-0.25, -0.2) is 0 Å². The Labute approximate surface area is 247 Å². The molecule has 0 unspecified atom stereocenters. The van der Waals surface area contributed by atoms with Crippen LogP contribution in [0.25, 0.3) is 0 Å². The fourth-order valence-corrected chi connectivity index (χ4v) is 28.5. The number of aliphatic hydroxyl groups excluding tert-OH is 1. The Balaban J connectivity index is 2.34. The molecule has 0 amide bonds. The SMILES string of the molecule is CCC[CH2][Sn]([CH2]CCC)([CH2]CCC)[C@@H](Cc1ccccc1)N([C@@H](CO)c1ccccc1)S(=O)(=O)c1ccccc1. The van der Waals surface area contributed by atoms with Crippen molar-refractivity contribution in [2.45, 2.75) is 94.0 Å². The van der Waals surface area contributed by atoms with Gasteiger partial charge in [-0.2, -0.15) is 0 Å². The number of aliphatic hydroxyl groups is 1. The van der Waals surface area contributed by atoms with Crippen LogP contribution in [0.1, 0.15) is 76.5 Å². The normalized spacial score (nSPS) is 13.8. The fourth-order valence-electron chi connectivity index (χ4n) is 6.15. The van der Waals surface area contributed by atoms with Gasteiger partial charge in [0.1, 0.15) is 0 Å². The molecular weight excluding hydrogens is 621 g/mol. The van der Waals surface area contributed by atoms with Gasteiger partial charge in [0.25, 0.3) is 0 Å². The molecule has 0 heterocycles. The van der Waals surface area contributed by atoms with E-state index in [1.807, 2.05) is 46.8 Å². The zero-order chi connectivity index (χ0) is 28.8. The van der Waals surface area contributed by atoms with E-state index in [1.54, 1.807) is 24.3 Å². The second-order valence-electron chi connectivity index (χ2n) is 11.1. The van der Waals surface area contributed by atoms with Gasteiger partial charge in [-0.3, -0.25) is 0 Å². The van der Waals surface area contributed by atoms with Crippen molar-refractivity contribution in [3.05, 3.63) is 102 Å². The molecule has 1 N–H and O–H groups in total. The van der Waals surface area contributed by atoms with E-state index in [0.29, 0.717) is 11.3 Å². The first-order valence-corrected chi connectivity index (χ1v) is 24.4. The molecule has 0 aliphatic rings. The van der Waals surface area contributed by atoms with E-state index in [2.05, 4.69) is 45.0 Å². The van der Waals surface area contributed by atoms with Crippen molar-refractivity contribution in [2.24, 2.45) is 0 Å². The zero-order valence-electron chi connectivity index (χ0n) is 24.7. The quantitative estimate of drug-likeness (QED) is 0.138. The van der Waals surface area contributed by atoms with Crippen LogP contribution in [0, 0.1) is 0 Å². The molecule has 0 fully saturated rings. The van der Waals surface area contributed by atoms with E-state index < -0.39 is 34.4 Å². The molecule has 0 aliphatic carbocycles. The summed E-state index contributed by atoms with van der Waals surface area (Å²) in [7, 11) is -3.91. The van der Waals surface area contributed by atoms with Crippen molar-refractivity contribution in [1.29, 1.82) is 0 Å². The summed E-state index contributed by atoms with van der Waals surface area (Å²) in [6.07, 6.45) is 7.46. The number of rotatable bonds is 18. The first-order chi connectivity index (χ1) is 19.4. The van der Waals surface area contributed by atoms with Gasteiger partial charge in [0.15, 0.2) is 0 Å². The van der Waals surface area contributed by atoms with Crippen LogP contribution >= 0.6 is 0 Å². The Morgan fingerprint density at radius 2 is 1.15 bits per heavy atom. The molecule has 0 saturated carbocycles. The molecule has 0 bridgehead atoms. The van der Waals surface area contributed by atoms with Gasteiger partial charge in [-0.05, 0) is 0 Å². The minimum atomic E-state index is -3.91. The molecular formula is C34H49NO3SSn. The predicted molar refractivity (Wildman–Crippen MR) is 171 cm³/mol. The Hall–Kier alpha value is -1.67. The predicted octanol–water partition coefficient (Wildman–Crippen LogP) is 8.41. The van der Waals surface area contributed by atoms with E-state index in [0.717, 1.165) is 44.1 Å². The summed E-state index contributed by atoms with van der Waals surface area (Å²) in [6, 6.07) is 28.5. The Morgan fingerprint density at radius 3 is 1.60 bits per heavy atom. The van der Waals surface area contributed by atoms with E-state index in [4.69, 9.17) is 0 Å². The summed E-state index contributed by atoms with van der Waals surface area (Å²) in [5.41, 5.74) is 2.03. The summed E-state index contributed by atoms with van der Waals surface area (Å²) in [5, 5.41) is 11.0. The zero-order valence-corrected chi connectivity index (χ0v) is 28.4. The van der Waals surface area contributed by atoms with Crippen LogP contribution in [-0.4, -0.2) is 46.9 Å². The summed E-state index contributed by atoms with van der Waals surface area (Å²) in [4.78, 5) is 0.309. The summed E-state index contributed by atoms with van der Waals surface area (Å²) in [6.45, 7) is 6.50. The van der Waals surface area contributed by atoms with Crippen LogP contribution in [0.4, 0.5) is 0 Å². The Morgan fingerprint density at radius 1 is 0.700 bits per heavy atom. The van der Waals surface area contributed by atoms with Gasteiger partial charge < -0.3 is 0 Å². The van der Waals surface area contributed by atoms with Gasteiger partial charge in [-0.1, -0.05) is 0 Å². The Kier molecular flexibility index (Phi) is 13.7. The first-order valence-electron chi connectivity index (χ1n) is 15.2. The third kappa shape index (κ3) is 8.43. The molecule has 4 nitrogen and oxygen atoms in total. The molecule has 40 heavy (non-hydrogen) atoms. The fraction of sp³-hybridized carbons (Fsp3) is 0.471. The second kappa shape index (κ2) is 16.7. The molecule has 3 aromatic carbocycles. The van der Waals surface area contributed by atoms with Crippen LogP contribution in [0.3, 0.4) is 0 Å². The first kappa shape index (κ1) is 32.8. The summed E-state index contributed by atoms with van der Waals surface area (Å²) < 4.78 is 35.0. The molecule has 0 saturated heterocycles. The molecule has 6 heteroatoms.